The molecule has 1 aliphatic rings. The highest BCUT2D eigenvalue weighted by atomic mass is 32.1. The van der Waals surface area contributed by atoms with Crippen molar-refractivity contribution in [3.05, 3.63) is 0 Å². The molecule has 0 saturated carbocycles. The molecule has 15 heteroatoms. The number of carbonyl (C=O) groups is 4. The normalized spacial score (nSPS) is 16.8. The van der Waals surface area contributed by atoms with Crippen LogP contribution in [0, 0.1) is 0 Å². The van der Waals surface area contributed by atoms with Crippen LogP contribution < -0.4 is 22.1 Å². The Morgan fingerprint density at radius 2 is 1.58 bits per heavy atom. The Kier molecular flexibility index (Phi) is 25.0. The van der Waals surface area contributed by atoms with Crippen LogP contribution in [0.4, 0.5) is 0 Å². The molecule has 0 aromatic rings. The van der Waals surface area contributed by atoms with E-state index in [0.29, 0.717) is 6.54 Å². The lowest BCUT2D eigenvalue weighted by molar-refractivity contribution is -0.140. The van der Waals surface area contributed by atoms with Gasteiger partial charge in [-0.05, 0) is 38.8 Å². The summed E-state index contributed by atoms with van der Waals surface area (Å²) in [7, 11) is 0. The Hall–Kier alpha value is -2.01. The molecule has 12 N–H and O–H groups in total. The summed E-state index contributed by atoms with van der Waals surface area (Å²) in [5.41, 5.74) is 9.71. The first-order valence-electron chi connectivity index (χ1n) is 10.1. The molecule has 0 bridgehead atoms. The summed E-state index contributed by atoms with van der Waals surface area (Å²) in [5.74, 6) is -3.61. The summed E-state index contributed by atoms with van der Waals surface area (Å²) in [6, 6.07) is -2.81. The van der Waals surface area contributed by atoms with Crippen molar-refractivity contribution in [3.8, 4) is 0 Å². The third-order valence-electron chi connectivity index (χ3n) is 3.74. The van der Waals surface area contributed by atoms with E-state index < -0.39 is 48.6 Å². The van der Waals surface area contributed by atoms with Crippen LogP contribution in [-0.2, 0) is 19.2 Å². The van der Waals surface area contributed by atoms with Crippen LogP contribution >= 0.6 is 12.6 Å². The van der Waals surface area contributed by atoms with Gasteiger partial charge in [0.05, 0.1) is 6.61 Å². The van der Waals surface area contributed by atoms with Gasteiger partial charge in [-0.25, -0.2) is 0 Å². The van der Waals surface area contributed by atoms with Crippen molar-refractivity contribution in [3.63, 3.8) is 0 Å². The number of thiol groups is 1. The summed E-state index contributed by atoms with van der Waals surface area (Å²) < 4.78 is 0. The van der Waals surface area contributed by atoms with E-state index in [1.54, 1.807) is 0 Å². The fourth-order valence-electron chi connectivity index (χ4n) is 1.81. The lowest BCUT2D eigenvalue weighted by Gasteiger charge is -2.11. The molecule has 3 unspecified atom stereocenters. The average molecular weight is 503 g/mol. The Labute approximate surface area is 197 Å². The van der Waals surface area contributed by atoms with Gasteiger partial charge >= 0.3 is 23.9 Å². The molecule has 1 heterocycles. The Morgan fingerprint density at radius 1 is 1.03 bits per heavy atom. The fourth-order valence-corrected chi connectivity index (χ4v) is 1.97. The van der Waals surface area contributed by atoms with E-state index >= 15 is 0 Å². The van der Waals surface area contributed by atoms with Crippen molar-refractivity contribution in [1.82, 2.24) is 10.6 Å². The number of aliphatic hydroxyl groups is 2. The van der Waals surface area contributed by atoms with Gasteiger partial charge in [0.25, 0.3) is 0 Å². The predicted octanol–water partition coefficient (Wildman–Crippen LogP) is -2.64. The van der Waals surface area contributed by atoms with E-state index in [2.05, 4.69) is 23.3 Å². The van der Waals surface area contributed by atoms with Gasteiger partial charge in [-0.1, -0.05) is 6.92 Å². The van der Waals surface area contributed by atoms with Crippen molar-refractivity contribution in [1.29, 1.82) is 0 Å². The highest BCUT2D eigenvalue weighted by Crippen LogP contribution is 2.03. The van der Waals surface area contributed by atoms with Crippen LogP contribution in [0.2, 0.25) is 0 Å². The number of hydrogen-bond acceptors (Lipinski definition) is 11. The molecular weight excluding hydrogens is 464 g/mol. The van der Waals surface area contributed by atoms with E-state index in [-0.39, 0.29) is 24.8 Å². The smallest absolute Gasteiger partial charge is 0.322 e. The minimum Gasteiger partial charge on any atom is -0.480 e. The van der Waals surface area contributed by atoms with Crippen molar-refractivity contribution >= 4 is 36.5 Å². The van der Waals surface area contributed by atoms with Gasteiger partial charge in [-0.15, -0.1) is 0 Å². The number of nitrogens with two attached hydrogens (primary N) is 2. The first-order valence-corrected chi connectivity index (χ1v) is 10.7. The second-order valence-corrected chi connectivity index (χ2v) is 6.96. The minimum absolute atomic E-state index is 0.0896. The second-order valence-electron chi connectivity index (χ2n) is 6.60. The molecule has 1 fully saturated rings. The lowest BCUT2D eigenvalue weighted by atomic mass is 10.2. The highest BCUT2D eigenvalue weighted by Gasteiger charge is 2.20. The van der Waals surface area contributed by atoms with Crippen molar-refractivity contribution < 1.29 is 49.8 Å². The van der Waals surface area contributed by atoms with Crippen molar-refractivity contribution in [2.45, 2.75) is 56.8 Å². The van der Waals surface area contributed by atoms with E-state index in [0.717, 1.165) is 25.8 Å². The van der Waals surface area contributed by atoms with Crippen LogP contribution in [0.1, 0.15) is 32.6 Å². The zero-order valence-electron chi connectivity index (χ0n) is 18.6. The quantitative estimate of drug-likeness (QED) is 0.129. The molecule has 0 spiro atoms. The first-order chi connectivity index (χ1) is 15.4. The summed E-state index contributed by atoms with van der Waals surface area (Å²) in [6.45, 7) is 2.90. The van der Waals surface area contributed by atoms with Gasteiger partial charge in [0.15, 0.2) is 0 Å². The zero-order chi connectivity index (χ0) is 26.4. The van der Waals surface area contributed by atoms with Gasteiger partial charge in [-0.2, -0.15) is 12.6 Å². The number of carboxylic acids is 4. The largest absolute Gasteiger partial charge is 0.480 e. The molecule has 0 aromatic carbocycles. The number of aliphatic carboxylic acids is 4. The van der Waals surface area contributed by atoms with Crippen LogP contribution in [0.15, 0.2) is 0 Å². The third kappa shape index (κ3) is 23.0. The maximum absolute atomic E-state index is 10.4. The summed E-state index contributed by atoms with van der Waals surface area (Å²) >= 11 is 3.65. The number of aliphatic hydroxyl groups excluding tert-OH is 2. The molecule has 1 rings (SSSR count). The van der Waals surface area contributed by atoms with E-state index in [4.69, 9.17) is 42.1 Å². The number of hydrogen-bond donors (Lipinski definition) is 11. The molecule has 4 atom stereocenters. The second kappa shape index (κ2) is 23.2. The van der Waals surface area contributed by atoms with Crippen LogP contribution in [0.5, 0.6) is 0 Å². The highest BCUT2D eigenvalue weighted by molar-refractivity contribution is 7.80. The molecule has 196 valence electrons. The lowest BCUT2D eigenvalue weighted by Crippen LogP contribution is -2.37. The van der Waals surface area contributed by atoms with Gasteiger partial charge in [0.1, 0.15) is 24.2 Å². The van der Waals surface area contributed by atoms with Crippen molar-refractivity contribution in [2.75, 3.05) is 32.1 Å². The fraction of sp³-hybridized carbons (Fsp3) is 0.778. The van der Waals surface area contributed by atoms with Gasteiger partial charge in [-0.3, -0.25) is 19.2 Å². The van der Waals surface area contributed by atoms with Crippen LogP contribution in [0.3, 0.4) is 0 Å². The standard InChI is InChI=1S/C7H15NO3.C5H9NO2.C3H7NO3.C3H7NO2S/c1-2-4-8-6(3-5-9)7(10)11;7-5(8)4-2-1-3-6-4;4-2(1-5)3(6)7;4-2(1-7)3(5)6/h6,8-9H,2-5H2,1H3,(H,10,11);4,6H,1-3H2,(H,7,8);2,5H,1,4H2,(H,6,7);2,7H,1,4H2,(H,5,6)/t;4-;;/m.0../s1. The van der Waals surface area contributed by atoms with E-state index in [9.17, 15) is 19.2 Å². The molecule has 0 aromatic heterocycles. The van der Waals surface area contributed by atoms with Gasteiger partial charge in [0.2, 0.25) is 0 Å². The zero-order valence-corrected chi connectivity index (χ0v) is 19.5. The average Bonchev–Trinajstić information content (AvgIpc) is 3.32. The Morgan fingerprint density at radius 3 is 1.76 bits per heavy atom. The number of carboxylic acid groups (broad SMARTS) is 4. The first kappa shape index (κ1) is 35.6. The van der Waals surface area contributed by atoms with Gasteiger partial charge < -0.3 is 52.7 Å². The number of rotatable bonds is 11. The minimum atomic E-state index is -1.18. The van der Waals surface area contributed by atoms with Crippen LogP contribution in [0.25, 0.3) is 0 Å². The van der Waals surface area contributed by atoms with E-state index in [1.807, 2.05) is 6.92 Å². The maximum atomic E-state index is 10.4. The van der Waals surface area contributed by atoms with Gasteiger partial charge in [0, 0.05) is 12.4 Å². The molecule has 1 saturated heterocycles. The molecule has 0 aliphatic carbocycles. The molecular formula is C18H38N4O10S. The predicted molar refractivity (Wildman–Crippen MR) is 122 cm³/mol. The Balaban J connectivity index is -0.000000371. The number of nitrogens with one attached hydrogen (secondary N) is 2. The van der Waals surface area contributed by atoms with Crippen LogP contribution in [-0.4, -0.2) is 111 Å². The topological polar surface area (TPSA) is 266 Å². The monoisotopic (exact) mass is 502 g/mol. The maximum Gasteiger partial charge on any atom is 0.322 e. The SMILES string of the molecule is CCCNC(CCO)C(=O)O.NC(CO)C(=O)O.NC(CS)C(=O)O.O=C(O)[C@@H]1CCCN1. The van der Waals surface area contributed by atoms with Crippen molar-refractivity contribution in [2.24, 2.45) is 11.5 Å². The summed E-state index contributed by atoms with van der Waals surface area (Å²) in [5, 5.41) is 55.0. The summed E-state index contributed by atoms with van der Waals surface area (Å²) in [4.78, 5) is 40.0. The molecule has 0 amide bonds. The third-order valence-corrected chi connectivity index (χ3v) is 4.14. The molecule has 14 nitrogen and oxygen atoms in total. The molecule has 33 heavy (non-hydrogen) atoms. The molecule has 1 aliphatic heterocycles. The van der Waals surface area contributed by atoms with E-state index in [1.165, 1.54) is 0 Å². The summed E-state index contributed by atoms with van der Waals surface area (Å²) in [6.07, 6.45) is 2.96. The Bertz CT molecular complexity index is 530. The molecule has 0 radical (unpaired) electrons.